The van der Waals surface area contributed by atoms with Gasteiger partial charge in [0.15, 0.2) is 0 Å². The lowest BCUT2D eigenvalue weighted by Crippen LogP contribution is -2.16. The van der Waals surface area contributed by atoms with Crippen molar-refractivity contribution in [3.63, 3.8) is 0 Å². The van der Waals surface area contributed by atoms with Gasteiger partial charge in [-0.1, -0.05) is 121 Å². The molecule has 0 spiro atoms. The maximum absolute atomic E-state index is 6.77. The lowest BCUT2D eigenvalue weighted by Gasteiger charge is -2.29. The van der Waals surface area contributed by atoms with Crippen molar-refractivity contribution in [1.82, 2.24) is 0 Å². The van der Waals surface area contributed by atoms with E-state index in [1.807, 2.05) is 6.07 Å². The van der Waals surface area contributed by atoms with Crippen LogP contribution < -0.4 is 9.64 Å². The topological polar surface area (TPSA) is 25.6 Å². The Balaban J connectivity index is 1.28. The van der Waals surface area contributed by atoms with Gasteiger partial charge in [-0.25, -0.2) is 0 Å². The number of para-hydroxylation sites is 3. The molecule has 2 aliphatic rings. The Labute approximate surface area is 272 Å². The van der Waals surface area contributed by atoms with Gasteiger partial charge in [0, 0.05) is 38.9 Å². The van der Waals surface area contributed by atoms with Crippen molar-refractivity contribution < 1.29 is 9.15 Å². The van der Waals surface area contributed by atoms with Crippen molar-refractivity contribution >= 4 is 60.5 Å². The average molecular weight is 604 g/mol. The van der Waals surface area contributed by atoms with Crippen LogP contribution in [-0.2, 0) is 0 Å². The molecule has 2 atom stereocenters. The Kier molecular flexibility index (Phi) is 5.70. The molecule has 0 bridgehead atoms. The highest BCUT2D eigenvalue weighted by atomic mass is 16.5. The fourth-order valence-electron chi connectivity index (χ4n) is 7.65. The number of furan rings is 1. The second-order valence-electron chi connectivity index (χ2n) is 12.4. The van der Waals surface area contributed by atoms with E-state index in [0.717, 1.165) is 50.3 Å². The van der Waals surface area contributed by atoms with Crippen LogP contribution in [0.2, 0.25) is 0 Å². The first-order chi connectivity index (χ1) is 23.3. The summed E-state index contributed by atoms with van der Waals surface area (Å²) in [5.41, 5.74) is 8.53. The van der Waals surface area contributed by atoms with Gasteiger partial charge in [0.25, 0.3) is 0 Å². The maximum Gasteiger partial charge on any atom is 0.148 e. The van der Waals surface area contributed by atoms with E-state index in [1.54, 1.807) is 0 Å². The highest BCUT2D eigenvalue weighted by Gasteiger charge is 2.35. The number of rotatable bonds is 4. The molecule has 0 amide bonds. The SMILES string of the molecule is C1=CC2Oc3c(cccc3N(c3ccc4ccc5ccc6oc7ccccc7c6c5c4c3)c3ccccc3-c3ccccc3)C2C=C1. The highest BCUT2D eigenvalue weighted by Crippen LogP contribution is 2.52. The van der Waals surface area contributed by atoms with Crippen molar-refractivity contribution in [2.24, 2.45) is 0 Å². The highest BCUT2D eigenvalue weighted by molar-refractivity contribution is 6.27. The first kappa shape index (κ1) is 26.2. The molecule has 1 aliphatic heterocycles. The number of ether oxygens (including phenoxy) is 1. The van der Waals surface area contributed by atoms with Crippen LogP contribution >= 0.6 is 0 Å². The molecule has 47 heavy (non-hydrogen) atoms. The minimum atomic E-state index is -0.00873. The average Bonchev–Trinajstić information content (AvgIpc) is 3.71. The van der Waals surface area contributed by atoms with Crippen molar-refractivity contribution in [2.75, 3.05) is 4.90 Å². The van der Waals surface area contributed by atoms with Crippen molar-refractivity contribution in [3.05, 3.63) is 169 Å². The third kappa shape index (κ3) is 4.00. The number of anilines is 3. The molecule has 3 heteroatoms. The van der Waals surface area contributed by atoms with Gasteiger partial charge in [-0.05, 0) is 64.2 Å². The largest absolute Gasteiger partial charge is 0.483 e. The number of allylic oxidation sites excluding steroid dienone is 2. The summed E-state index contributed by atoms with van der Waals surface area (Å²) in [5.74, 6) is 1.13. The molecule has 222 valence electrons. The first-order valence-corrected chi connectivity index (χ1v) is 16.2. The van der Waals surface area contributed by atoms with E-state index in [9.17, 15) is 0 Å². The molecule has 8 aromatic rings. The molecule has 0 N–H and O–H groups in total. The quantitative estimate of drug-likeness (QED) is 0.187. The summed E-state index contributed by atoms with van der Waals surface area (Å²) < 4.78 is 13.1. The predicted molar refractivity (Wildman–Crippen MR) is 194 cm³/mol. The number of nitrogens with zero attached hydrogens (tertiary/aromatic N) is 1. The zero-order valence-corrected chi connectivity index (χ0v) is 25.5. The Morgan fingerprint density at radius 1 is 0.532 bits per heavy atom. The van der Waals surface area contributed by atoms with E-state index < -0.39 is 0 Å². The summed E-state index contributed by atoms with van der Waals surface area (Å²) in [6.07, 6.45) is 8.63. The van der Waals surface area contributed by atoms with Crippen molar-refractivity contribution in [1.29, 1.82) is 0 Å². The number of hydrogen-bond donors (Lipinski definition) is 0. The first-order valence-electron chi connectivity index (χ1n) is 16.2. The van der Waals surface area contributed by atoms with Crippen LogP contribution in [0.3, 0.4) is 0 Å². The summed E-state index contributed by atoms with van der Waals surface area (Å²) in [6, 6.07) is 49.8. The van der Waals surface area contributed by atoms with Gasteiger partial charge in [0.1, 0.15) is 23.0 Å². The van der Waals surface area contributed by atoms with E-state index in [1.165, 1.54) is 32.7 Å². The molecule has 0 radical (unpaired) electrons. The number of hydrogen-bond acceptors (Lipinski definition) is 3. The normalized spacial score (nSPS) is 16.5. The van der Waals surface area contributed by atoms with Crippen LogP contribution in [0.1, 0.15) is 11.5 Å². The van der Waals surface area contributed by atoms with E-state index in [4.69, 9.17) is 9.15 Å². The van der Waals surface area contributed by atoms with Crippen molar-refractivity contribution in [3.8, 4) is 16.9 Å². The van der Waals surface area contributed by atoms with Gasteiger partial charge in [-0.2, -0.15) is 0 Å². The maximum atomic E-state index is 6.77. The molecule has 2 unspecified atom stereocenters. The monoisotopic (exact) mass is 603 g/mol. The minimum absolute atomic E-state index is 0.00873. The van der Waals surface area contributed by atoms with Gasteiger partial charge in [-0.15, -0.1) is 0 Å². The molecular formula is C44H29NO2. The third-order valence-electron chi connectivity index (χ3n) is 9.78. The molecule has 0 fully saturated rings. The number of benzene rings is 7. The third-order valence-corrected chi connectivity index (χ3v) is 9.78. The molecule has 0 saturated heterocycles. The van der Waals surface area contributed by atoms with E-state index in [2.05, 4.69) is 163 Å². The second kappa shape index (κ2) is 10.2. The van der Waals surface area contributed by atoms with E-state index in [-0.39, 0.29) is 12.0 Å². The molecule has 10 rings (SSSR count). The standard InChI is InChI=1S/C44H29NO2/c1-2-11-28(12-3-1)32-13-4-7-17-37(32)45(38-18-10-16-34-33-14-5-8-19-39(33)47-44(34)38)31-25-23-29-21-22-30-24-26-41-43(42(30)36(29)27-31)35-15-6-9-20-40(35)46-41/h1-27,33,39H. The molecule has 7 aromatic carbocycles. The van der Waals surface area contributed by atoms with Gasteiger partial charge in [-0.3, -0.25) is 0 Å². The van der Waals surface area contributed by atoms with Crippen LogP contribution in [0, 0.1) is 0 Å². The summed E-state index contributed by atoms with van der Waals surface area (Å²) in [4.78, 5) is 2.39. The molecule has 1 aliphatic carbocycles. The Morgan fingerprint density at radius 3 is 2.26 bits per heavy atom. The van der Waals surface area contributed by atoms with Crippen LogP contribution in [0.25, 0.3) is 54.6 Å². The molecular weight excluding hydrogens is 574 g/mol. The van der Waals surface area contributed by atoms with Gasteiger partial charge in [0.05, 0.1) is 11.4 Å². The molecule has 1 aromatic heterocycles. The second-order valence-corrected chi connectivity index (χ2v) is 12.4. The van der Waals surface area contributed by atoms with Crippen LogP contribution in [0.15, 0.2) is 168 Å². The van der Waals surface area contributed by atoms with E-state index >= 15 is 0 Å². The molecule has 3 nitrogen and oxygen atoms in total. The van der Waals surface area contributed by atoms with Gasteiger partial charge >= 0.3 is 0 Å². The Hall–Kier alpha value is -6.06. The zero-order valence-electron chi connectivity index (χ0n) is 25.5. The smallest absolute Gasteiger partial charge is 0.148 e. The predicted octanol–water partition coefficient (Wildman–Crippen LogP) is 12.0. The van der Waals surface area contributed by atoms with Gasteiger partial charge < -0.3 is 14.1 Å². The zero-order chi connectivity index (χ0) is 30.9. The van der Waals surface area contributed by atoms with Crippen LogP contribution in [0.5, 0.6) is 5.75 Å². The minimum Gasteiger partial charge on any atom is -0.483 e. The lowest BCUT2D eigenvalue weighted by atomic mass is 9.91. The summed E-state index contributed by atoms with van der Waals surface area (Å²) in [5, 5.41) is 7.06. The Bertz CT molecular complexity index is 2580. The fraction of sp³-hybridized carbons (Fsp3) is 0.0455. The van der Waals surface area contributed by atoms with Crippen LogP contribution in [0.4, 0.5) is 17.1 Å². The number of fused-ring (bicyclic) bond motifs is 10. The summed E-state index contributed by atoms with van der Waals surface area (Å²) in [6.45, 7) is 0. The molecule has 2 heterocycles. The molecule has 0 saturated carbocycles. The van der Waals surface area contributed by atoms with Crippen molar-refractivity contribution in [2.45, 2.75) is 12.0 Å². The van der Waals surface area contributed by atoms with E-state index in [0.29, 0.717) is 0 Å². The summed E-state index contributed by atoms with van der Waals surface area (Å²) >= 11 is 0. The Morgan fingerprint density at radius 2 is 1.30 bits per heavy atom. The van der Waals surface area contributed by atoms with Crippen LogP contribution in [-0.4, -0.2) is 6.10 Å². The fourth-order valence-corrected chi connectivity index (χ4v) is 7.65. The van der Waals surface area contributed by atoms with Gasteiger partial charge in [0.2, 0.25) is 0 Å². The summed E-state index contributed by atoms with van der Waals surface area (Å²) in [7, 11) is 0. The lowest BCUT2D eigenvalue weighted by molar-refractivity contribution is 0.269.